The van der Waals surface area contributed by atoms with Crippen molar-refractivity contribution in [2.45, 2.75) is 84.1 Å². The Kier molecular flexibility index (Phi) is 9.66. The summed E-state index contributed by atoms with van der Waals surface area (Å²) in [6.45, 7) is 16.5. The molecule has 2 atom stereocenters. The number of benzene rings is 2. The first-order valence-corrected chi connectivity index (χ1v) is 14.7. The molecule has 0 saturated carbocycles. The molecule has 202 valence electrons. The van der Waals surface area contributed by atoms with E-state index in [0.29, 0.717) is 17.8 Å². The van der Waals surface area contributed by atoms with Crippen LogP contribution in [0.1, 0.15) is 99.8 Å². The molecule has 2 unspecified atom stereocenters. The molecule has 1 aliphatic heterocycles. The average molecular weight is 511 g/mol. The highest BCUT2D eigenvalue weighted by molar-refractivity contribution is 5.78. The van der Waals surface area contributed by atoms with E-state index in [0.717, 1.165) is 32.5 Å². The van der Waals surface area contributed by atoms with Gasteiger partial charge in [0.05, 0.1) is 17.6 Å². The number of hydrogen-bond acceptors (Lipinski definition) is 2. The van der Waals surface area contributed by atoms with Crippen molar-refractivity contribution in [2.24, 2.45) is 0 Å². The van der Waals surface area contributed by atoms with Gasteiger partial charge in [0.1, 0.15) is 13.8 Å². The van der Waals surface area contributed by atoms with Gasteiger partial charge < -0.3 is 9.80 Å². The van der Waals surface area contributed by atoms with Crippen LogP contribution >= 0.6 is 0 Å². The molecule has 1 heterocycles. The average Bonchev–Trinajstić information content (AvgIpc) is 2.95. The van der Waals surface area contributed by atoms with Crippen molar-refractivity contribution < 1.29 is 4.58 Å². The van der Waals surface area contributed by atoms with Gasteiger partial charge in [0.2, 0.25) is 0 Å². The van der Waals surface area contributed by atoms with Crippen molar-refractivity contribution >= 4 is 18.1 Å². The minimum atomic E-state index is 0.412. The van der Waals surface area contributed by atoms with Crippen LogP contribution in [0, 0.1) is 0 Å². The van der Waals surface area contributed by atoms with Gasteiger partial charge in [-0.3, -0.25) is 0 Å². The van der Waals surface area contributed by atoms with Gasteiger partial charge in [-0.05, 0) is 72.3 Å². The van der Waals surface area contributed by atoms with E-state index in [-0.39, 0.29) is 0 Å². The third-order valence-electron chi connectivity index (χ3n) is 8.20. The monoisotopic (exact) mass is 510 g/mol. The van der Waals surface area contributed by atoms with E-state index in [1.807, 2.05) is 11.6 Å². The van der Waals surface area contributed by atoms with Crippen LogP contribution in [0.5, 0.6) is 0 Å². The normalized spacial score (nSPS) is 18.4. The first-order chi connectivity index (χ1) is 18.4. The van der Waals surface area contributed by atoms with Crippen molar-refractivity contribution in [3.8, 4) is 0 Å². The second-order valence-electron chi connectivity index (χ2n) is 11.5. The zero-order valence-corrected chi connectivity index (χ0v) is 24.4. The number of anilines is 2. The van der Waals surface area contributed by atoms with Gasteiger partial charge in [0.25, 0.3) is 0 Å². The summed E-state index contributed by atoms with van der Waals surface area (Å²) in [5.74, 6) is 1.39. The first kappa shape index (κ1) is 28.0. The molecule has 1 aliphatic carbocycles. The molecule has 1 fully saturated rings. The molecule has 3 heteroatoms. The van der Waals surface area contributed by atoms with Crippen molar-refractivity contribution in [1.29, 1.82) is 0 Å². The van der Waals surface area contributed by atoms with E-state index < -0.39 is 0 Å². The highest BCUT2D eigenvalue weighted by Crippen LogP contribution is 2.43. The predicted molar refractivity (Wildman–Crippen MR) is 166 cm³/mol. The number of piperidine rings is 1. The van der Waals surface area contributed by atoms with Gasteiger partial charge in [-0.15, -0.1) is 0 Å². The molecule has 0 bridgehead atoms. The lowest BCUT2D eigenvalue weighted by Gasteiger charge is -2.36. The van der Waals surface area contributed by atoms with Crippen LogP contribution in [-0.4, -0.2) is 31.4 Å². The van der Waals surface area contributed by atoms with Gasteiger partial charge in [-0.2, -0.15) is 0 Å². The second kappa shape index (κ2) is 13.1. The third kappa shape index (κ3) is 6.67. The van der Waals surface area contributed by atoms with Crippen LogP contribution in [0.15, 0.2) is 73.1 Å². The van der Waals surface area contributed by atoms with Crippen molar-refractivity contribution in [2.75, 3.05) is 29.9 Å². The summed E-state index contributed by atoms with van der Waals surface area (Å²) in [4.78, 5) is 5.16. The Balaban J connectivity index is 1.90. The summed E-state index contributed by atoms with van der Waals surface area (Å²) < 4.78 is 1.90. The molecule has 38 heavy (non-hydrogen) atoms. The van der Waals surface area contributed by atoms with Gasteiger partial charge in [-0.25, -0.2) is 4.58 Å². The van der Waals surface area contributed by atoms with Gasteiger partial charge in [-0.1, -0.05) is 82.3 Å². The fourth-order valence-corrected chi connectivity index (χ4v) is 5.80. The standard InChI is InChI=1S/C35H48N3/c1-7-28(4)32-19-13-12-18-30(32)26-38(23-22-36(5)6)35-33(27(2)3)24-31(29-16-10-8-11-17-29)25-34(35)37-20-14-9-15-21-37/h8,10-13,16,18-19,22-25,27-29H,5,7,9,14-15,17,20-21,26H2,1-4,6H3/q+1/b23-22-. The second-order valence-corrected chi connectivity index (χ2v) is 11.5. The topological polar surface area (TPSA) is 9.49 Å². The summed E-state index contributed by atoms with van der Waals surface area (Å²) in [7, 11) is 2.00. The van der Waals surface area contributed by atoms with Gasteiger partial charge >= 0.3 is 0 Å². The highest BCUT2D eigenvalue weighted by Gasteiger charge is 2.26. The van der Waals surface area contributed by atoms with Crippen LogP contribution in [0.4, 0.5) is 11.4 Å². The highest BCUT2D eigenvalue weighted by atomic mass is 15.2. The smallest absolute Gasteiger partial charge is 0.184 e. The lowest BCUT2D eigenvalue weighted by Crippen LogP contribution is -2.32. The summed E-state index contributed by atoms with van der Waals surface area (Å²) in [5.41, 5.74) is 8.49. The predicted octanol–water partition coefficient (Wildman–Crippen LogP) is 8.73. The minimum absolute atomic E-state index is 0.412. The first-order valence-electron chi connectivity index (χ1n) is 14.7. The Labute approximate surface area is 231 Å². The molecule has 1 saturated heterocycles. The molecule has 0 spiro atoms. The van der Waals surface area contributed by atoms with Crippen LogP contribution in [0.2, 0.25) is 0 Å². The third-order valence-corrected chi connectivity index (χ3v) is 8.20. The largest absolute Gasteiger partial charge is 0.370 e. The number of rotatable bonds is 10. The lowest BCUT2D eigenvalue weighted by molar-refractivity contribution is -0.412. The molecule has 2 aliphatic rings. The Hall–Kier alpha value is -3.07. The molecule has 0 amide bonds. The molecule has 4 rings (SSSR count). The number of hydrogen-bond donors (Lipinski definition) is 0. The van der Waals surface area contributed by atoms with Gasteiger partial charge in [0, 0.05) is 25.6 Å². The Bertz CT molecular complexity index is 1180. The fraction of sp³-hybridized carbons (Fsp3) is 0.457. The van der Waals surface area contributed by atoms with Crippen molar-refractivity contribution in [1.82, 2.24) is 0 Å². The van der Waals surface area contributed by atoms with Crippen molar-refractivity contribution in [3.63, 3.8) is 0 Å². The zero-order valence-electron chi connectivity index (χ0n) is 24.4. The Morgan fingerprint density at radius 2 is 1.82 bits per heavy atom. The zero-order chi connectivity index (χ0) is 27.1. The van der Waals surface area contributed by atoms with Crippen LogP contribution < -0.4 is 9.80 Å². The van der Waals surface area contributed by atoms with Gasteiger partial charge in [0.15, 0.2) is 6.20 Å². The molecule has 0 radical (unpaired) electrons. The maximum atomic E-state index is 4.11. The Morgan fingerprint density at radius 1 is 1.05 bits per heavy atom. The molecule has 2 aromatic carbocycles. The Morgan fingerprint density at radius 3 is 2.47 bits per heavy atom. The van der Waals surface area contributed by atoms with Crippen molar-refractivity contribution in [3.05, 3.63) is 95.4 Å². The number of nitrogens with zero attached hydrogens (tertiary/aromatic N) is 3. The summed E-state index contributed by atoms with van der Waals surface area (Å²) in [6, 6.07) is 14.0. The molecule has 3 nitrogen and oxygen atoms in total. The van der Waals surface area contributed by atoms with E-state index in [2.05, 4.69) is 117 Å². The summed E-state index contributed by atoms with van der Waals surface area (Å²) in [6.07, 6.45) is 19.5. The van der Waals surface area contributed by atoms with Crippen LogP contribution in [-0.2, 0) is 6.54 Å². The van der Waals surface area contributed by atoms with E-state index >= 15 is 0 Å². The quantitative estimate of drug-likeness (QED) is 0.233. The van der Waals surface area contributed by atoms with E-state index in [9.17, 15) is 0 Å². The maximum absolute atomic E-state index is 4.11. The summed E-state index contributed by atoms with van der Waals surface area (Å²) in [5, 5.41) is 0. The fourth-order valence-electron chi connectivity index (χ4n) is 5.80. The molecular formula is C35H48N3+. The SMILES string of the molecule is C=[N+](C)/C=C\N(Cc1ccccc1C(C)CC)c1c(C(C)C)cc(C2C=CC=CC2)cc1N1CCCCC1. The molecular weight excluding hydrogens is 462 g/mol. The van der Waals surface area contributed by atoms with E-state index in [1.165, 1.54) is 52.9 Å². The van der Waals surface area contributed by atoms with Crippen LogP contribution in [0.25, 0.3) is 0 Å². The lowest BCUT2D eigenvalue weighted by atomic mass is 9.87. The maximum Gasteiger partial charge on any atom is 0.184 e. The van der Waals surface area contributed by atoms with E-state index in [1.54, 1.807) is 0 Å². The number of allylic oxidation sites excluding steroid dienone is 4. The van der Waals surface area contributed by atoms with E-state index in [4.69, 9.17) is 0 Å². The molecule has 2 aromatic rings. The van der Waals surface area contributed by atoms with Crippen LogP contribution in [0.3, 0.4) is 0 Å². The molecule has 0 aromatic heterocycles. The molecule has 0 N–H and O–H groups in total. The minimum Gasteiger partial charge on any atom is -0.370 e. The summed E-state index contributed by atoms with van der Waals surface area (Å²) >= 11 is 0.